The van der Waals surface area contributed by atoms with E-state index in [-0.39, 0.29) is 26.2 Å². The Kier molecular flexibility index (Phi) is 5.98. The highest BCUT2D eigenvalue weighted by Gasteiger charge is 2.53. The Morgan fingerprint density at radius 1 is 0.793 bits per heavy atom. The van der Waals surface area contributed by atoms with E-state index in [1.54, 1.807) is 6.07 Å². The predicted molar refractivity (Wildman–Crippen MR) is 114 cm³/mol. The second-order valence-corrected chi connectivity index (χ2v) is 9.17. The molecule has 0 bridgehead atoms. The highest BCUT2D eigenvalue weighted by atomic mass is 35.5. The van der Waals surface area contributed by atoms with Crippen LogP contribution < -0.4 is 0 Å². The topological polar surface area (TPSA) is 94.8 Å². The molecule has 0 aliphatic carbocycles. The second kappa shape index (κ2) is 7.87. The fraction of sp³-hybridized carbons (Fsp3) is 0.0526. The fourth-order valence-corrected chi connectivity index (χ4v) is 5.43. The minimum absolute atomic E-state index is 0.00726. The zero-order valence-corrected chi connectivity index (χ0v) is 18.1. The fourth-order valence-electron chi connectivity index (χ4n) is 3.25. The first-order chi connectivity index (χ1) is 13.5. The van der Waals surface area contributed by atoms with E-state index < -0.39 is 37.0 Å². The summed E-state index contributed by atoms with van der Waals surface area (Å²) in [5.74, 6) is -1.57. The third-order valence-electron chi connectivity index (χ3n) is 4.42. The van der Waals surface area contributed by atoms with Crippen LogP contribution in [0.1, 0.15) is 16.7 Å². The molecule has 3 aromatic carbocycles. The molecule has 0 aliphatic heterocycles. The average Bonchev–Trinajstić information content (AvgIpc) is 2.66. The van der Waals surface area contributed by atoms with Gasteiger partial charge in [0.25, 0.3) is 10.1 Å². The number of halogens is 4. The molecule has 3 rings (SSSR count). The van der Waals surface area contributed by atoms with Crippen molar-refractivity contribution in [2.24, 2.45) is 0 Å². The Bertz CT molecular complexity index is 1200. The van der Waals surface area contributed by atoms with E-state index in [1.807, 2.05) is 0 Å². The van der Waals surface area contributed by atoms with Crippen molar-refractivity contribution < 1.29 is 23.2 Å². The molecule has 3 aromatic rings. The summed E-state index contributed by atoms with van der Waals surface area (Å²) in [5.41, 5.74) is -0.857. The van der Waals surface area contributed by atoms with Crippen molar-refractivity contribution in [2.45, 2.75) is 4.75 Å². The molecule has 0 spiro atoms. The molecule has 5 nitrogen and oxygen atoms in total. The molecule has 0 aliphatic rings. The first-order valence-corrected chi connectivity index (χ1v) is 10.9. The van der Waals surface area contributed by atoms with E-state index in [0.29, 0.717) is 0 Å². The van der Waals surface area contributed by atoms with Gasteiger partial charge in [-0.05, 0) is 11.6 Å². The van der Waals surface area contributed by atoms with Crippen LogP contribution in [0.5, 0.6) is 11.5 Å². The normalized spacial score (nSPS) is 13.8. The zero-order chi connectivity index (χ0) is 21.6. The lowest BCUT2D eigenvalue weighted by molar-refractivity contribution is 0.416. The number of phenols is 2. The van der Waals surface area contributed by atoms with E-state index in [0.717, 1.165) is 6.07 Å². The Morgan fingerprint density at radius 3 is 2.00 bits per heavy atom. The highest BCUT2D eigenvalue weighted by molar-refractivity contribution is 7.87. The van der Waals surface area contributed by atoms with Crippen LogP contribution in [0.15, 0.2) is 54.6 Å². The first kappa shape index (κ1) is 22.0. The highest BCUT2D eigenvalue weighted by Crippen LogP contribution is 2.55. The van der Waals surface area contributed by atoms with Gasteiger partial charge in [-0.1, -0.05) is 88.9 Å². The van der Waals surface area contributed by atoms with Crippen LogP contribution in [0.25, 0.3) is 0 Å². The molecule has 0 fully saturated rings. The van der Waals surface area contributed by atoms with Crippen LogP contribution in [0.4, 0.5) is 0 Å². The van der Waals surface area contributed by atoms with Gasteiger partial charge in [-0.2, -0.15) is 8.42 Å². The SMILES string of the molecule is O=S(=O)(O)C(c1ccccc1)(c1cccc(Cl)c1Cl)c1c(O)cc(Cl)c(Cl)c1O. The summed E-state index contributed by atoms with van der Waals surface area (Å²) >= 11 is 24.4. The van der Waals surface area contributed by atoms with Crippen molar-refractivity contribution in [3.8, 4) is 11.5 Å². The molecule has 0 radical (unpaired) electrons. The summed E-state index contributed by atoms with van der Waals surface area (Å²) in [5, 5.41) is 20.5. The van der Waals surface area contributed by atoms with Gasteiger partial charge in [0.15, 0.2) is 4.75 Å². The van der Waals surface area contributed by atoms with Crippen molar-refractivity contribution in [1.29, 1.82) is 0 Å². The summed E-state index contributed by atoms with van der Waals surface area (Å²) in [6.45, 7) is 0. The summed E-state index contributed by atoms with van der Waals surface area (Å²) in [6.07, 6.45) is 0. The van der Waals surface area contributed by atoms with Gasteiger partial charge in [0.05, 0.1) is 20.6 Å². The molecule has 0 heterocycles. The van der Waals surface area contributed by atoms with Crippen LogP contribution in [0.2, 0.25) is 20.1 Å². The van der Waals surface area contributed by atoms with Gasteiger partial charge in [0, 0.05) is 11.6 Å². The lowest BCUT2D eigenvalue weighted by Gasteiger charge is -2.34. The molecule has 1 atom stereocenters. The molecule has 0 aromatic heterocycles. The molecule has 0 saturated carbocycles. The van der Waals surface area contributed by atoms with Gasteiger partial charge in [-0.3, -0.25) is 4.55 Å². The van der Waals surface area contributed by atoms with E-state index >= 15 is 0 Å². The van der Waals surface area contributed by atoms with Gasteiger partial charge in [0.2, 0.25) is 0 Å². The third kappa shape index (κ3) is 3.44. The largest absolute Gasteiger partial charge is 0.507 e. The Balaban J connectivity index is 2.67. The smallest absolute Gasteiger partial charge is 0.283 e. The van der Waals surface area contributed by atoms with E-state index in [4.69, 9.17) is 46.4 Å². The van der Waals surface area contributed by atoms with Crippen molar-refractivity contribution >= 4 is 56.5 Å². The minimum Gasteiger partial charge on any atom is -0.507 e. The molecule has 10 heteroatoms. The zero-order valence-electron chi connectivity index (χ0n) is 14.3. The van der Waals surface area contributed by atoms with Gasteiger partial charge >= 0.3 is 0 Å². The van der Waals surface area contributed by atoms with E-state index in [9.17, 15) is 23.2 Å². The van der Waals surface area contributed by atoms with Crippen molar-refractivity contribution in [2.75, 3.05) is 0 Å². The lowest BCUT2D eigenvalue weighted by Crippen LogP contribution is -2.38. The van der Waals surface area contributed by atoms with Crippen molar-refractivity contribution in [3.63, 3.8) is 0 Å². The summed E-state index contributed by atoms with van der Waals surface area (Å²) < 4.78 is 33.9. The molecule has 3 N–H and O–H groups in total. The predicted octanol–water partition coefficient (Wildman–Crippen LogP) is 5.89. The second-order valence-electron chi connectivity index (χ2n) is 6.04. The van der Waals surface area contributed by atoms with E-state index in [2.05, 4.69) is 0 Å². The first-order valence-electron chi connectivity index (χ1n) is 7.91. The number of rotatable bonds is 4. The Labute approximate surface area is 186 Å². The van der Waals surface area contributed by atoms with E-state index in [1.165, 1.54) is 42.5 Å². The lowest BCUT2D eigenvalue weighted by atomic mass is 9.82. The summed E-state index contributed by atoms with van der Waals surface area (Å²) in [7, 11) is -5.16. The Hall–Kier alpha value is -1.67. The number of phenolic OH excluding ortho intramolecular Hbond substituents is 2. The number of hydrogen-bond donors (Lipinski definition) is 3. The third-order valence-corrected chi connectivity index (χ3v) is 7.45. The van der Waals surface area contributed by atoms with Gasteiger partial charge in [0.1, 0.15) is 16.5 Å². The average molecular weight is 494 g/mol. The molecule has 29 heavy (non-hydrogen) atoms. The summed E-state index contributed by atoms with van der Waals surface area (Å²) in [6, 6.07) is 12.5. The quantitative estimate of drug-likeness (QED) is 0.311. The molecule has 152 valence electrons. The van der Waals surface area contributed by atoms with Crippen LogP contribution in [-0.4, -0.2) is 23.2 Å². The molecular weight excluding hydrogens is 482 g/mol. The maximum absolute atomic E-state index is 13.0. The number of benzene rings is 3. The molecular formula is C19H12Cl4O5S. The monoisotopic (exact) mass is 492 g/mol. The summed E-state index contributed by atoms with van der Waals surface area (Å²) in [4.78, 5) is 0. The van der Waals surface area contributed by atoms with Gasteiger partial charge in [-0.15, -0.1) is 0 Å². The Morgan fingerprint density at radius 2 is 1.41 bits per heavy atom. The molecule has 1 unspecified atom stereocenters. The van der Waals surface area contributed by atoms with Crippen LogP contribution >= 0.6 is 46.4 Å². The van der Waals surface area contributed by atoms with Crippen LogP contribution in [0, 0.1) is 0 Å². The maximum atomic E-state index is 13.0. The van der Waals surface area contributed by atoms with Crippen molar-refractivity contribution in [3.05, 3.63) is 91.4 Å². The number of aromatic hydroxyl groups is 2. The van der Waals surface area contributed by atoms with Gasteiger partial charge in [-0.25, -0.2) is 0 Å². The standard InChI is InChI=1S/C19H12Cl4O5S/c20-12-8-4-7-11(16(12)22)19(29(26,27)28,10-5-2-1-3-6-10)15-14(24)9-13(21)17(23)18(15)25/h1-9,24-25H,(H,26,27,28). The van der Waals surface area contributed by atoms with Crippen LogP contribution in [-0.2, 0) is 14.9 Å². The minimum atomic E-state index is -5.16. The van der Waals surface area contributed by atoms with Crippen molar-refractivity contribution in [1.82, 2.24) is 0 Å². The van der Waals surface area contributed by atoms with Crippen LogP contribution in [0.3, 0.4) is 0 Å². The molecule has 0 saturated heterocycles. The van der Waals surface area contributed by atoms with Gasteiger partial charge < -0.3 is 10.2 Å². The maximum Gasteiger partial charge on any atom is 0.283 e. The molecule has 0 amide bonds. The number of hydrogen-bond acceptors (Lipinski definition) is 4.